The predicted molar refractivity (Wildman–Crippen MR) is 83.9 cm³/mol. The van der Waals surface area contributed by atoms with E-state index in [1.54, 1.807) is 0 Å². The monoisotopic (exact) mass is 316 g/mol. The van der Waals surface area contributed by atoms with Gasteiger partial charge >= 0.3 is 0 Å². The quantitative estimate of drug-likeness (QED) is 0.748. The average molecular weight is 316 g/mol. The van der Waals surface area contributed by atoms with Crippen molar-refractivity contribution in [2.45, 2.75) is 31.9 Å². The first-order valence-corrected chi connectivity index (χ1v) is 7.87. The molecule has 1 fully saturated rings. The number of aliphatic hydroxyl groups is 1. The molecule has 8 nitrogen and oxygen atoms in total. The molecule has 8 heteroatoms. The van der Waals surface area contributed by atoms with E-state index in [-0.39, 0.29) is 6.61 Å². The molecule has 0 aliphatic carbocycles. The van der Waals surface area contributed by atoms with Crippen molar-refractivity contribution in [3.05, 3.63) is 28.7 Å². The summed E-state index contributed by atoms with van der Waals surface area (Å²) in [5, 5.41) is 16.6. The molecule has 2 aliphatic heterocycles. The van der Waals surface area contributed by atoms with Gasteiger partial charge in [0.25, 0.3) is 0 Å². The van der Waals surface area contributed by atoms with Gasteiger partial charge in [0.15, 0.2) is 0 Å². The lowest BCUT2D eigenvalue weighted by molar-refractivity contribution is 0.193. The molecule has 122 valence electrons. The third-order valence-electron chi connectivity index (χ3n) is 4.59. The number of anilines is 2. The number of H-pyrrole nitrogens is 1. The molecule has 2 aromatic rings. The smallest absolute Gasteiger partial charge is 0.222 e. The fourth-order valence-electron chi connectivity index (χ4n) is 3.29. The molecule has 4 N–H and O–H groups in total. The normalized spacial score (nSPS) is 20.7. The number of nitrogens with zero attached hydrogens (tertiary/aromatic N) is 4. The topological polar surface area (TPSA) is 113 Å². The van der Waals surface area contributed by atoms with Gasteiger partial charge in [-0.1, -0.05) is 0 Å². The molecule has 0 radical (unpaired) electrons. The molecule has 0 spiro atoms. The van der Waals surface area contributed by atoms with E-state index in [1.165, 1.54) is 0 Å². The van der Waals surface area contributed by atoms with E-state index in [0.29, 0.717) is 30.7 Å². The molecule has 23 heavy (non-hydrogen) atoms. The summed E-state index contributed by atoms with van der Waals surface area (Å²) in [4.78, 5) is 10.9. The zero-order valence-electron chi connectivity index (χ0n) is 12.8. The Morgan fingerprint density at radius 1 is 1.43 bits per heavy atom. The second-order valence-corrected chi connectivity index (χ2v) is 6.03. The molecule has 4 heterocycles. The Morgan fingerprint density at radius 3 is 3.13 bits per heavy atom. The molecular formula is C15H20N6O2. The van der Waals surface area contributed by atoms with E-state index in [4.69, 9.17) is 10.5 Å². The van der Waals surface area contributed by atoms with Gasteiger partial charge in [-0.3, -0.25) is 5.10 Å². The predicted octanol–water partition coefficient (Wildman–Crippen LogP) is 0.341. The van der Waals surface area contributed by atoms with Crippen LogP contribution in [0.5, 0.6) is 0 Å². The number of nitrogens with two attached hydrogens (primary N) is 1. The molecule has 4 rings (SSSR count). The van der Waals surface area contributed by atoms with Crippen LogP contribution in [-0.2, 0) is 24.3 Å². The number of rotatable bonds is 3. The summed E-state index contributed by atoms with van der Waals surface area (Å²) in [6.45, 7) is 2.90. The van der Waals surface area contributed by atoms with Crippen molar-refractivity contribution >= 4 is 11.8 Å². The van der Waals surface area contributed by atoms with Crippen LogP contribution in [-0.4, -0.2) is 45.0 Å². The van der Waals surface area contributed by atoms with Crippen LogP contribution in [0.25, 0.3) is 0 Å². The highest BCUT2D eigenvalue weighted by molar-refractivity contribution is 5.47. The number of aliphatic hydroxyl groups excluding tert-OH is 1. The van der Waals surface area contributed by atoms with E-state index in [2.05, 4.69) is 25.1 Å². The second kappa shape index (κ2) is 5.78. The SMILES string of the molecule is Nc1nc([C@H]2CCOC2)cc(N2CCc3[nH]nc(CO)c3C2)n1. The summed E-state index contributed by atoms with van der Waals surface area (Å²) in [6.07, 6.45) is 1.81. The highest BCUT2D eigenvalue weighted by Gasteiger charge is 2.25. The van der Waals surface area contributed by atoms with Crippen molar-refractivity contribution in [2.75, 3.05) is 30.4 Å². The zero-order chi connectivity index (χ0) is 15.8. The van der Waals surface area contributed by atoms with Gasteiger partial charge in [0.05, 0.1) is 24.6 Å². The second-order valence-electron chi connectivity index (χ2n) is 6.03. The fraction of sp³-hybridized carbons (Fsp3) is 0.533. The van der Waals surface area contributed by atoms with Crippen LogP contribution in [0, 0.1) is 0 Å². The first kappa shape index (κ1) is 14.4. The molecule has 1 atom stereocenters. The number of hydrogen-bond acceptors (Lipinski definition) is 7. The minimum atomic E-state index is -0.0593. The lowest BCUT2D eigenvalue weighted by Gasteiger charge is -2.28. The number of nitrogens with one attached hydrogen (secondary N) is 1. The molecule has 0 unspecified atom stereocenters. The zero-order valence-corrected chi connectivity index (χ0v) is 12.8. The fourth-order valence-corrected chi connectivity index (χ4v) is 3.29. The van der Waals surface area contributed by atoms with Gasteiger partial charge in [0, 0.05) is 49.4 Å². The van der Waals surface area contributed by atoms with Crippen molar-refractivity contribution in [3.63, 3.8) is 0 Å². The van der Waals surface area contributed by atoms with Crippen LogP contribution in [0.4, 0.5) is 11.8 Å². The Morgan fingerprint density at radius 2 is 2.35 bits per heavy atom. The van der Waals surface area contributed by atoms with Crippen LogP contribution in [0.15, 0.2) is 6.07 Å². The van der Waals surface area contributed by atoms with Crippen LogP contribution in [0.3, 0.4) is 0 Å². The Labute approximate surface area is 133 Å². The third kappa shape index (κ3) is 2.64. The lowest BCUT2D eigenvalue weighted by atomic mass is 10.0. The Kier molecular flexibility index (Phi) is 3.62. The van der Waals surface area contributed by atoms with Crippen molar-refractivity contribution < 1.29 is 9.84 Å². The molecular weight excluding hydrogens is 296 g/mol. The highest BCUT2D eigenvalue weighted by Crippen LogP contribution is 2.29. The number of hydrogen-bond donors (Lipinski definition) is 3. The van der Waals surface area contributed by atoms with Crippen LogP contribution >= 0.6 is 0 Å². The Balaban J connectivity index is 1.63. The molecule has 0 saturated carbocycles. The van der Waals surface area contributed by atoms with Gasteiger partial charge in [0.1, 0.15) is 5.82 Å². The van der Waals surface area contributed by atoms with E-state index >= 15 is 0 Å². The molecule has 1 saturated heterocycles. The summed E-state index contributed by atoms with van der Waals surface area (Å²) in [5.74, 6) is 1.42. The number of aromatic nitrogens is 4. The van der Waals surface area contributed by atoms with E-state index in [9.17, 15) is 5.11 Å². The molecule has 0 bridgehead atoms. The molecule has 2 aliphatic rings. The maximum atomic E-state index is 9.41. The van der Waals surface area contributed by atoms with Crippen molar-refractivity contribution in [3.8, 4) is 0 Å². The van der Waals surface area contributed by atoms with Gasteiger partial charge in [-0.05, 0) is 6.42 Å². The molecule has 0 aromatic carbocycles. The largest absolute Gasteiger partial charge is 0.390 e. The summed E-state index contributed by atoms with van der Waals surface area (Å²) in [6, 6.07) is 2.01. The highest BCUT2D eigenvalue weighted by atomic mass is 16.5. The van der Waals surface area contributed by atoms with Gasteiger partial charge < -0.3 is 20.5 Å². The minimum absolute atomic E-state index is 0.0593. The van der Waals surface area contributed by atoms with Gasteiger partial charge in [0.2, 0.25) is 5.95 Å². The first-order valence-electron chi connectivity index (χ1n) is 7.87. The summed E-state index contributed by atoms with van der Waals surface area (Å²) >= 11 is 0. The van der Waals surface area contributed by atoms with Gasteiger partial charge in [-0.2, -0.15) is 10.1 Å². The molecule has 0 amide bonds. The number of fused-ring (bicyclic) bond motifs is 1. The van der Waals surface area contributed by atoms with E-state index < -0.39 is 0 Å². The minimum Gasteiger partial charge on any atom is -0.390 e. The standard InChI is InChI=1S/C15H20N6O2/c16-15-17-12(9-2-4-23-8-9)5-14(18-15)21-3-1-11-10(6-21)13(7-22)20-19-11/h5,9,22H,1-4,6-8H2,(H,19,20)(H2,16,17,18)/t9-/m0/s1. The first-order chi connectivity index (χ1) is 11.2. The van der Waals surface area contributed by atoms with Crippen molar-refractivity contribution in [1.82, 2.24) is 20.2 Å². The summed E-state index contributed by atoms with van der Waals surface area (Å²) in [5.41, 5.74) is 9.72. The maximum absolute atomic E-state index is 9.41. The van der Waals surface area contributed by atoms with Crippen LogP contribution in [0.1, 0.15) is 35.0 Å². The van der Waals surface area contributed by atoms with E-state index in [0.717, 1.165) is 48.8 Å². The summed E-state index contributed by atoms with van der Waals surface area (Å²) < 4.78 is 5.45. The van der Waals surface area contributed by atoms with Crippen LogP contribution in [0.2, 0.25) is 0 Å². The summed E-state index contributed by atoms with van der Waals surface area (Å²) in [7, 11) is 0. The maximum Gasteiger partial charge on any atom is 0.222 e. The lowest BCUT2D eigenvalue weighted by Crippen LogP contribution is -2.31. The average Bonchev–Trinajstić information content (AvgIpc) is 3.23. The number of nitrogen functional groups attached to an aromatic ring is 1. The van der Waals surface area contributed by atoms with E-state index in [1.807, 2.05) is 6.07 Å². The van der Waals surface area contributed by atoms with Crippen LogP contribution < -0.4 is 10.6 Å². The van der Waals surface area contributed by atoms with Crippen molar-refractivity contribution in [1.29, 1.82) is 0 Å². The number of ether oxygens (including phenoxy) is 1. The van der Waals surface area contributed by atoms with Crippen molar-refractivity contribution in [2.24, 2.45) is 0 Å². The Hall–Kier alpha value is -2.19. The third-order valence-corrected chi connectivity index (χ3v) is 4.59. The van der Waals surface area contributed by atoms with Gasteiger partial charge in [-0.15, -0.1) is 0 Å². The van der Waals surface area contributed by atoms with Gasteiger partial charge in [-0.25, -0.2) is 4.98 Å². The number of aromatic amines is 1. The Bertz CT molecular complexity index is 696. The molecule has 2 aromatic heterocycles.